The summed E-state index contributed by atoms with van der Waals surface area (Å²) in [7, 11) is -3.67. The fourth-order valence-corrected chi connectivity index (χ4v) is 2.27. The highest BCUT2D eigenvalue weighted by atomic mass is 32.2. The van der Waals surface area contributed by atoms with Crippen molar-refractivity contribution >= 4 is 16.0 Å². The molecule has 0 radical (unpaired) electrons. The highest BCUT2D eigenvalue weighted by Crippen LogP contribution is 2.11. The molecular weight excluding hydrogens is 292 g/mol. The molecule has 2 aromatic rings. The lowest BCUT2D eigenvalue weighted by atomic mass is 10.2. The number of esters is 1. The molecule has 110 valence electrons. The van der Waals surface area contributed by atoms with Gasteiger partial charge < -0.3 is 4.74 Å². The van der Waals surface area contributed by atoms with Crippen molar-refractivity contribution in [3.05, 3.63) is 65.7 Å². The molecule has 0 saturated carbocycles. The van der Waals surface area contributed by atoms with Crippen LogP contribution in [0.1, 0.15) is 15.9 Å². The van der Waals surface area contributed by atoms with E-state index in [1.165, 1.54) is 12.1 Å². The summed E-state index contributed by atoms with van der Waals surface area (Å²) in [5, 5.41) is 0. The third-order valence-corrected chi connectivity index (χ3v) is 3.97. The molecule has 0 aliphatic rings. The fraction of sp³-hybridized carbons (Fsp3) is 0.0714. The van der Waals surface area contributed by atoms with E-state index < -0.39 is 16.0 Å². The van der Waals surface area contributed by atoms with Crippen molar-refractivity contribution in [1.82, 2.24) is 4.83 Å². The van der Waals surface area contributed by atoms with Crippen molar-refractivity contribution in [2.24, 2.45) is 5.84 Å². The quantitative estimate of drug-likeness (QED) is 0.491. The van der Waals surface area contributed by atoms with Crippen molar-refractivity contribution in [3.63, 3.8) is 0 Å². The van der Waals surface area contributed by atoms with E-state index in [0.29, 0.717) is 11.1 Å². The van der Waals surface area contributed by atoms with Crippen LogP contribution in [0.15, 0.2) is 59.5 Å². The Morgan fingerprint density at radius 1 is 1.05 bits per heavy atom. The van der Waals surface area contributed by atoms with Gasteiger partial charge in [0, 0.05) is 0 Å². The van der Waals surface area contributed by atoms with Crippen LogP contribution < -0.4 is 10.7 Å². The van der Waals surface area contributed by atoms with Gasteiger partial charge in [-0.1, -0.05) is 30.3 Å². The number of carbonyl (C=O) groups is 1. The van der Waals surface area contributed by atoms with E-state index in [0.717, 1.165) is 0 Å². The van der Waals surface area contributed by atoms with E-state index in [-0.39, 0.29) is 11.5 Å². The number of nitrogens with one attached hydrogen (secondary N) is 1. The molecule has 0 aliphatic heterocycles. The van der Waals surface area contributed by atoms with E-state index >= 15 is 0 Å². The third-order valence-electron chi connectivity index (χ3n) is 2.77. The summed E-state index contributed by atoms with van der Waals surface area (Å²) in [6.07, 6.45) is 0. The van der Waals surface area contributed by atoms with Crippen LogP contribution >= 0.6 is 0 Å². The smallest absolute Gasteiger partial charge is 0.338 e. The second kappa shape index (κ2) is 6.49. The van der Waals surface area contributed by atoms with Crippen LogP contribution in [-0.2, 0) is 21.4 Å². The van der Waals surface area contributed by atoms with Crippen LogP contribution in [0.25, 0.3) is 0 Å². The van der Waals surface area contributed by atoms with Gasteiger partial charge in [-0.2, -0.15) is 4.83 Å². The molecule has 0 spiro atoms. The molecule has 0 unspecified atom stereocenters. The number of carbonyl (C=O) groups excluding carboxylic acids is 1. The number of hydrogen-bond acceptors (Lipinski definition) is 5. The van der Waals surface area contributed by atoms with Gasteiger partial charge in [0.1, 0.15) is 6.61 Å². The lowest BCUT2D eigenvalue weighted by Gasteiger charge is -2.06. The lowest BCUT2D eigenvalue weighted by Crippen LogP contribution is -2.30. The number of hydrogen-bond donors (Lipinski definition) is 2. The number of rotatable bonds is 5. The van der Waals surface area contributed by atoms with Crippen LogP contribution in [-0.4, -0.2) is 14.4 Å². The summed E-state index contributed by atoms with van der Waals surface area (Å²) >= 11 is 0. The molecule has 2 aromatic carbocycles. The molecule has 6 nitrogen and oxygen atoms in total. The number of nitrogens with two attached hydrogens (primary N) is 1. The van der Waals surface area contributed by atoms with Crippen molar-refractivity contribution in [2.45, 2.75) is 11.5 Å². The second-order valence-corrected chi connectivity index (χ2v) is 5.92. The Morgan fingerprint density at radius 3 is 2.24 bits per heavy atom. The predicted molar refractivity (Wildman–Crippen MR) is 76.5 cm³/mol. The maximum atomic E-state index is 11.7. The Labute approximate surface area is 122 Å². The molecule has 0 saturated heterocycles. The molecule has 0 amide bonds. The van der Waals surface area contributed by atoms with Crippen LogP contribution in [0.2, 0.25) is 0 Å². The highest BCUT2D eigenvalue weighted by Gasteiger charge is 2.11. The first-order valence-electron chi connectivity index (χ1n) is 6.06. The topological polar surface area (TPSA) is 98.5 Å². The van der Waals surface area contributed by atoms with E-state index in [9.17, 15) is 13.2 Å². The van der Waals surface area contributed by atoms with E-state index in [4.69, 9.17) is 10.6 Å². The Balaban J connectivity index is 2.00. The van der Waals surface area contributed by atoms with Gasteiger partial charge in [0.25, 0.3) is 10.0 Å². The molecule has 0 bridgehead atoms. The van der Waals surface area contributed by atoms with Crippen LogP contribution in [0.5, 0.6) is 0 Å². The fourth-order valence-electron chi connectivity index (χ4n) is 1.64. The molecule has 3 N–H and O–H groups in total. The summed E-state index contributed by atoms with van der Waals surface area (Å²) in [5.41, 5.74) is 1.14. The summed E-state index contributed by atoms with van der Waals surface area (Å²) in [4.78, 5) is 13.5. The van der Waals surface area contributed by atoms with Crippen molar-refractivity contribution in [1.29, 1.82) is 0 Å². The normalized spacial score (nSPS) is 11.1. The van der Waals surface area contributed by atoms with Crippen molar-refractivity contribution < 1.29 is 17.9 Å². The maximum Gasteiger partial charge on any atom is 0.338 e. The maximum absolute atomic E-state index is 11.7. The zero-order chi connectivity index (χ0) is 15.3. The molecule has 2 rings (SSSR count). The molecule has 0 fully saturated rings. The number of benzene rings is 2. The number of ether oxygens (including phenoxy) is 1. The Bertz CT molecular complexity index is 712. The molecule has 0 heterocycles. The minimum atomic E-state index is -3.67. The Hall–Kier alpha value is -2.22. The van der Waals surface area contributed by atoms with Crippen LogP contribution in [0, 0.1) is 0 Å². The molecule has 21 heavy (non-hydrogen) atoms. The zero-order valence-electron chi connectivity index (χ0n) is 11.0. The van der Waals surface area contributed by atoms with Crippen LogP contribution in [0.3, 0.4) is 0 Å². The largest absolute Gasteiger partial charge is 0.457 e. The summed E-state index contributed by atoms with van der Waals surface area (Å²) in [5.74, 6) is 4.50. The molecule has 7 heteroatoms. The highest BCUT2D eigenvalue weighted by molar-refractivity contribution is 7.89. The SMILES string of the molecule is NNS(=O)(=O)c1ccc(COC(=O)c2ccccc2)cc1. The predicted octanol–water partition coefficient (Wildman–Crippen LogP) is 1.20. The molecule has 0 aromatic heterocycles. The third kappa shape index (κ3) is 3.88. The minimum Gasteiger partial charge on any atom is -0.457 e. The van der Waals surface area contributed by atoms with Gasteiger partial charge in [-0.15, -0.1) is 0 Å². The van der Waals surface area contributed by atoms with Gasteiger partial charge in [-0.05, 0) is 29.8 Å². The van der Waals surface area contributed by atoms with Gasteiger partial charge in [-0.25, -0.2) is 13.2 Å². The van der Waals surface area contributed by atoms with E-state index in [1.807, 2.05) is 0 Å². The summed E-state index contributed by atoms with van der Waals surface area (Å²) < 4.78 is 28.0. The average Bonchev–Trinajstić information content (AvgIpc) is 2.54. The lowest BCUT2D eigenvalue weighted by molar-refractivity contribution is 0.0472. The Kier molecular flexibility index (Phi) is 4.69. The van der Waals surface area contributed by atoms with E-state index in [1.54, 1.807) is 47.3 Å². The Morgan fingerprint density at radius 2 is 1.67 bits per heavy atom. The van der Waals surface area contributed by atoms with Gasteiger partial charge in [0.05, 0.1) is 10.5 Å². The number of sulfonamides is 1. The summed E-state index contributed by atoms with van der Waals surface area (Å²) in [6, 6.07) is 14.5. The van der Waals surface area contributed by atoms with Gasteiger partial charge in [0.2, 0.25) is 0 Å². The average molecular weight is 306 g/mol. The minimum absolute atomic E-state index is 0.0446. The van der Waals surface area contributed by atoms with Crippen LogP contribution in [0.4, 0.5) is 0 Å². The van der Waals surface area contributed by atoms with Gasteiger partial charge >= 0.3 is 5.97 Å². The van der Waals surface area contributed by atoms with Crippen molar-refractivity contribution in [2.75, 3.05) is 0 Å². The molecule has 0 atom stereocenters. The zero-order valence-corrected chi connectivity index (χ0v) is 11.8. The van der Waals surface area contributed by atoms with E-state index in [2.05, 4.69) is 0 Å². The summed E-state index contributed by atoms with van der Waals surface area (Å²) in [6.45, 7) is 0.0596. The van der Waals surface area contributed by atoms with Crippen molar-refractivity contribution in [3.8, 4) is 0 Å². The van der Waals surface area contributed by atoms with Gasteiger partial charge in [0.15, 0.2) is 0 Å². The second-order valence-electron chi connectivity index (χ2n) is 4.21. The number of hydrazine groups is 1. The first-order valence-corrected chi connectivity index (χ1v) is 7.55. The monoisotopic (exact) mass is 306 g/mol. The van der Waals surface area contributed by atoms with Gasteiger partial charge in [-0.3, -0.25) is 5.84 Å². The first-order chi connectivity index (χ1) is 10.0. The first kappa shape index (κ1) is 15.2. The standard InChI is InChI=1S/C14H14N2O4S/c15-16-21(18,19)13-8-6-11(7-9-13)10-20-14(17)12-4-2-1-3-5-12/h1-9,16H,10,15H2. The molecule has 0 aliphatic carbocycles. The molecular formula is C14H14N2O4S.